The summed E-state index contributed by atoms with van der Waals surface area (Å²) < 4.78 is 16.0. The molecule has 0 fully saturated rings. The maximum atomic E-state index is 11.7. The first-order chi connectivity index (χ1) is 12.2. The van der Waals surface area contributed by atoms with E-state index >= 15 is 0 Å². The van der Waals surface area contributed by atoms with Gasteiger partial charge in [0.15, 0.2) is 6.61 Å². The number of hydrogen-bond donors (Lipinski definition) is 1. The third-order valence-electron chi connectivity index (χ3n) is 3.69. The first-order valence-electron chi connectivity index (χ1n) is 8.10. The highest BCUT2D eigenvalue weighted by Crippen LogP contribution is 2.26. The van der Waals surface area contributed by atoms with Crippen molar-refractivity contribution in [2.24, 2.45) is 0 Å². The van der Waals surface area contributed by atoms with Gasteiger partial charge in [-0.15, -0.1) is 0 Å². The average Bonchev–Trinajstić information content (AvgIpc) is 2.64. The standard InChI is InChI=1S/C19H19NO5/c21-18-9-6-14-12-16(7-8-17(14)20-18)25-13-19(22)24-11-10-23-15-4-2-1-3-5-15/h1-5,7-8,12H,6,9-11,13H2,(H,20,21). The molecule has 1 amide bonds. The number of benzene rings is 2. The van der Waals surface area contributed by atoms with E-state index in [-0.39, 0.29) is 25.7 Å². The molecule has 130 valence electrons. The highest BCUT2D eigenvalue weighted by molar-refractivity contribution is 5.94. The fraction of sp³-hybridized carbons (Fsp3) is 0.263. The van der Waals surface area contributed by atoms with Crippen molar-refractivity contribution in [3.8, 4) is 11.5 Å². The van der Waals surface area contributed by atoms with Crippen LogP contribution in [0.1, 0.15) is 12.0 Å². The molecule has 1 aliphatic rings. The number of carbonyl (C=O) groups is 2. The summed E-state index contributed by atoms with van der Waals surface area (Å²) in [5, 5.41) is 2.80. The zero-order valence-electron chi connectivity index (χ0n) is 13.7. The van der Waals surface area contributed by atoms with Gasteiger partial charge in [0.1, 0.15) is 24.7 Å². The minimum Gasteiger partial charge on any atom is -0.490 e. The molecular weight excluding hydrogens is 322 g/mol. The second kappa shape index (κ2) is 8.19. The predicted octanol–water partition coefficient (Wildman–Crippen LogP) is 2.57. The van der Waals surface area contributed by atoms with E-state index in [0.29, 0.717) is 18.6 Å². The van der Waals surface area contributed by atoms with Crippen LogP contribution < -0.4 is 14.8 Å². The van der Waals surface area contributed by atoms with Crippen LogP contribution in [0.5, 0.6) is 11.5 Å². The highest BCUT2D eigenvalue weighted by atomic mass is 16.6. The number of para-hydroxylation sites is 1. The molecule has 0 unspecified atom stereocenters. The second-order valence-corrected chi connectivity index (χ2v) is 5.54. The number of ether oxygens (including phenoxy) is 3. The molecule has 6 nitrogen and oxygen atoms in total. The lowest BCUT2D eigenvalue weighted by molar-refractivity contribution is -0.146. The van der Waals surface area contributed by atoms with Crippen LogP contribution in [-0.4, -0.2) is 31.7 Å². The Hall–Kier alpha value is -3.02. The van der Waals surface area contributed by atoms with Gasteiger partial charge < -0.3 is 19.5 Å². The van der Waals surface area contributed by atoms with E-state index in [1.54, 1.807) is 12.1 Å². The third-order valence-corrected chi connectivity index (χ3v) is 3.69. The number of anilines is 1. The normalized spacial score (nSPS) is 12.7. The lowest BCUT2D eigenvalue weighted by Crippen LogP contribution is -2.20. The van der Waals surface area contributed by atoms with Crippen molar-refractivity contribution in [3.05, 3.63) is 54.1 Å². The molecule has 1 N–H and O–H groups in total. The minimum absolute atomic E-state index is 0.0162. The van der Waals surface area contributed by atoms with Crippen LogP contribution >= 0.6 is 0 Å². The summed E-state index contributed by atoms with van der Waals surface area (Å²) in [6, 6.07) is 14.7. The number of fused-ring (bicyclic) bond motifs is 1. The van der Waals surface area contributed by atoms with Gasteiger partial charge in [-0.2, -0.15) is 0 Å². The number of hydrogen-bond acceptors (Lipinski definition) is 5. The van der Waals surface area contributed by atoms with Gasteiger partial charge in [-0.3, -0.25) is 4.79 Å². The molecule has 2 aromatic rings. The smallest absolute Gasteiger partial charge is 0.344 e. The number of nitrogens with one attached hydrogen (secondary N) is 1. The number of esters is 1. The Morgan fingerprint density at radius 2 is 1.80 bits per heavy atom. The summed E-state index contributed by atoms with van der Waals surface area (Å²) >= 11 is 0. The zero-order valence-corrected chi connectivity index (χ0v) is 13.7. The zero-order chi connectivity index (χ0) is 17.5. The highest BCUT2D eigenvalue weighted by Gasteiger charge is 2.15. The Bertz CT molecular complexity index is 745. The Balaban J connectivity index is 1.38. The fourth-order valence-electron chi connectivity index (χ4n) is 2.47. The molecule has 3 rings (SSSR count). The Kier molecular flexibility index (Phi) is 5.51. The molecule has 0 saturated carbocycles. The summed E-state index contributed by atoms with van der Waals surface area (Å²) in [5.74, 6) is 0.869. The van der Waals surface area contributed by atoms with Crippen molar-refractivity contribution >= 4 is 17.6 Å². The largest absolute Gasteiger partial charge is 0.490 e. The molecule has 0 spiro atoms. The molecule has 6 heteroatoms. The molecule has 0 aromatic heterocycles. The van der Waals surface area contributed by atoms with Crippen molar-refractivity contribution in [2.75, 3.05) is 25.1 Å². The molecule has 0 atom stereocenters. The molecule has 25 heavy (non-hydrogen) atoms. The lowest BCUT2D eigenvalue weighted by Gasteiger charge is -2.17. The van der Waals surface area contributed by atoms with Gasteiger partial charge in [-0.1, -0.05) is 18.2 Å². The molecule has 1 aliphatic heterocycles. The Labute approximate surface area is 145 Å². The van der Waals surface area contributed by atoms with Crippen molar-refractivity contribution in [3.63, 3.8) is 0 Å². The van der Waals surface area contributed by atoms with E-state index in [1.807, 2.05) is 36.4 Å². The van der Waals surface area contributed by atoms with Crippen LogP contribution in [0.15, 0.2) is 48.5 Å². The maximum absolute atomic E-state index is 11.7. The molecular formula is C19H19NO5. The van der Waals surface area contributed by atoms with Crippen LogP contribution in [0.25, 0.3) is 0 Å². The van der Waals surface area contributed by atoms with E-state index in [4.69, 9.17) is 14.2 Å². The summed E-state index contributed by atoms with van der Waals surface area (Å²) in [6.45, 7) is 0.276. The first kappa shape index (κ1) is 16.8. The van der Waals surface area contributed by atoms with Crippen molar-refractivity contribution in [1.82, 2.24) is 0 Å². The van der Waals surface area contributed by atoms with E-state index in [0.717, 1.165) is 17.0 Å². The van der Waals surface area contributed by atoms with Gasteiger partial charge in [0.25, 0.3) is 0 Å². The molecule has 2 aromatic carbocycles. The number of amides is 1. The summed E-state index contributed by atoms with van der Waals surface area (Å²) in [5.41, 5.74) is 1.80. The molecule has 0 aliphatic carbocycles. The van der Waals surface area contributed by atoms with Crippen LogP contribution in [0.4, 0.5) is 5.69 Å². The number of carbonyl (C=O) groups excluding carboxylic acids is 2. The van der Waals surface area contributed by atoms with Crippen LogP contribution in [0.2, 0.25) is 0 Å². The number of rotatable bonds is 7. The molecule has 0 radical (unpaired) electrons. The van der Waals surface area contributed by atoms with Gasteiger partial charge in [0.2, 0.25) is 5.91 Å². The van der Waals surface area contributed by atoms with Crippen LogP contribution in [0, 0.1) is 0 Å². The van der Waals surface area contributed by atoms with E-state index < -0.39 is 5.97 Å². The van der Waals surface area contributed by atoms with Crippen molar-refractivity contribution in [2.45, 2.75) is 12.8 Å². The van der Waals surface area contributed by atoms with E-state index in [9.17, 15) is 9.59 Å². The molecule has 0 bridgehead atoms. The van der Waals surface area contributed by atoms with Gasteiger partial charge in [0.05, 0.1) is 0 Å². The van der Waals surface area contributed by atoms with Crippen molar-refractivity contribution in [1.29, 1.82) is 0 Å². The van der Waals surface area contributed by atoms with Gasteiger partial charge in [-0.05, 0) is 42.3 Å². The predicted molar refractivity (Wildman–Crippen MR) is 91.8 cm³/mol. The average molecular weight is 341 g/mol. The number of aryl methyl sites for hydroxylation is 1. The lowest BCUT2D eigenvalue weighted by atomic mass is 10.0. The second-order valence-electron chi connectivity index (χ2n) is 5.54. The van der Waals surface area contributed by atoms with Gasteiger partial charge >= 0.3 is 5.97 Å². The summed E-state index contributed by atoms with van der Waals surface area (Å²) in [6.07, 6.45) is 1.12. The summed E-state index contributed by atoms with van der Waals surface area (Å²) in [4.78, 5) is 23.0. The summed E-state index contributed by atoms with van der Waals surface area (Å²) in [7, 11) is 0. The van der Waals surface area contributed by atoms with Crippen LogP contribution in [-0.2, 0) is 20.7 Å². The fourth-order valence-corrected chi connectivity index (χ4v) is 2.47. The van der Waals surface area contributed by atoms with E-state index in [1.165, 1.54) is 0 Å². The van der Waals surface area contributed by atoms with Crippen LogP contribution in [0.3, 0.4) is 0 Å². The van der Waals surface area contributed by atoms with Gasteiger partial charge in [0, 0.05) is 12.1 Å². The molecule has 0 saturated heterocycles. The third kappa shape index (κ3) is 4.97. The molecule has 1 heterocycles. The first-order valence-corrected chi connectivity index (χ1v) is 8.10. The topological polar surface area (TPSA) is 73.9 Å². The Morgan fingerprint density at radius 1 is 0.960 bits per heavy atom. The minimum atomic E-state index is -0.456. The SMILES string of the molecule is O=C1CCc2cc(OCC(=O)OCCOc3ccccc3)ccc2N1. The quantitative estimate of drug-likeness (QED) is 0.619. The van der Waals surface area contributed by atoms with Gasteiger partial charge in [-0.25, -0.2) is 4.79 Å². The maximum Gasteiger partial charge on any atom is 0.344 e. The van der Waals surface area contributed by atoms with Crippen molar-refractivity contribution < 1.29 is 23.8 Å². The monoisotopic (exact) mass is 341 g/mol. The van der Waals surface area contributed by atoms with E-state index in [2.05, 4.69) is 5.32 Å². The Morgan fingerprint density at radius 3 is 2.64 bits per heavy atom.